The molecule has 2 aliphatic heterocycles. The Morgan fingerprint density at radius 2 is 1.04 bits per heavy atom. The van der Waals surface area contributed by atoms with Crippen molar-refractivity contribution in [3.63, 3.8) is 0 Å². The number of benzene rings is 2. The van der Waals surface area contributed by atoms with Crippen molar-refractivity contribution in [2.24, 2.45) is 0 Å². The maximum absolute atomic E-state index is 13.2. The van der Waals surface area contributed by atoms with Crippen LogP contribution in [0, 0.1) is 0 Å². The average Bonchev–Trinajstić information content (AvgIpc) is 2.98. The summed E-state index contributed by atoms with van der Waals surface area (Å²) in [6, 6.07) is 8.74. The lowest BCUT2D eigenvalue weighted by Crippen LogP contribution is -2.26. The van der Waals surface area contributed by atoms with E-state index in [9.17, 15) is 17.6 Å². The van der Waals surface area contributed by atoms with E-state index in [1.807, 2.05) is 0 Å². The Morgan fingerprint density at radius 3 is 1.46 bits per heavy atom. The molecular weight excluding hydrogens is 332 g/mol. The molecule has 0 saturated heterocycles. The first kappa shape index (κ1) is 14.7. The van der Waals surface area contributed by atoms with Gasteiger partial charge in [0, 0.05) is 11.1 Å². The van der Waals surface area contributed by atoms with Gasteiger partial charge >= 0.3 is 12.6 Å². The lowest BCUT2D eigenvalue weighted by molar-refractivity contribution is -0.287. The second-order valence-electron chi connectivity index (χ2n) is 5.02. The largest absolute Gasteiger partial charge is 0.586 e. The maximum atomic E-state index is 13.2. The second kappa shape index (κ2) is 4.80. The van der Waals surface area contributed by atoms with Gasteiger partial charge in [-0.1, -0.05) is 36.4 Å². The number of rotatable bonds is 2. The van der Waals surface area contributed by atoms with Gasteiger partial charge in [0.25, 0.3) is 0 Å². The first-order valence-electron chi connectivity index (χ1n) is 6.79. The van der Waals surface area contributed by atoms with Crippen LogP contribution in [0.25, 0.3) is 12.2 Å². The summed E-state index contributed by atoms with van der Waals surface area (Å²) in [6.07, 6.45) is -4.61. The Morgan fingerprint density at radius 1 is 0.625 bits per heavy atom. The van der Waals surface area contributed by atoms with Crippen molar-refractivity contribution < 1.29 is 36.5 Å². The predicted molar refractivity (Wildman–Crippen MR) is 74.2 cm³/mol. The van der Waals surface area contributed by atoms with Crippen LogP contribution in [0.15, 0.2) is 36.4 Å². The number of para-hydroxylation sites is 2. The van der Waals surface area contributed by atoms with Gasteiger partial charge in [0.15, 0.2) is 23.0 Å². The summed E-state index contributed by atoms with van der Waals surface area (Å²) in [7, 11) is 0. The highest BCUT2D eigenvalue weighted by Crippen LogP contribution is 2.45. The molecule has 124 valence electrons. The quantitative estimate of drug-likeness (QED) is 0.596. The summed E-state index contributed by atoms with van der Waals surface area (Å²) in [5, 5.41) is 0. The number of hydrogen-bond acceptors (Lipinski definition) is 4. The lowest BCUT2D eigenvalue weighted by Gasteiger charge is -2.06. The average molecular weight is 340 g/mol. The van der Waals surface area contributed by atoms with E-state index < -0.39 is 12.6 Å². The highest BCUT2D eigenvalue weighted by Gasteiger charge is 2.45. The van der Waals surface area contributed by atoms with E-state index in [1.54, 1.807) is 0 Å². The summed E-state index contributed by atoms with van der Waals surface area (Å²) in [4.78, 5) is 0. The van der Waals surface area contributed by atoms with Crippen molar-refractivity contribution in [3.05, 3.63) is 47.5 Å². The molecule has 0 bridgehead atoms. The van der Waals surface area contributed by atoms with E-state index in [4.69, 9.17) is 0 Å². The minimum Gasteiger partial charge on any atom is -0.395 e. The molecule has 2 aromatic carbocycles. The van der Waals surface area contributed by atoms with Crippen LogP contribution in [0.4, 0.5) is 17.6 Å². The molecule has 0 saturated carbocycles. The molecule has 0 aromatic heterocycles. The first-order valence-corrected chi connectivity index (χ1v) is 6.79. The number of ether oxygens (including phenoxy) is 4. The molecule has 2 aromatic rings. The molecule has 4 rings (SSSR count). The molecule has 0 atom stereocenters. The van der Waals surface area contributed by atoms with Gasteiger partial charge in [-0.25, -0.2) is 0 Å². The SMILES string of the molecule is FC1(F)Oc2cccc(/C=C/c3cccc4c3OC(F)(F)O4)c2O1. The smallest absolute Gasteiger partial charge is 0.395 e. The second-order valence-corrected chi connectivity index (χ2v) is 5.02. The summed E-state index contributed by atoms with van der Waals surface area (Å²) in [5.41, 5.74) is 0.598. The Balaban J connectivity index is 1.68. The van der Waals surface area contributed by atoms with Gasteiger partial charge < -0.3 is 18.9 Å². The minimum atomic E-state index is -3.74. The highest BCUT2D eigenvalue weighted by atomic mass is 19.3. The molecule has 2 aliphatic rings. The zero-order chi connectivity index (χ0) is 16.9. The number of fused-ring (bicyclic) bond motifs is 2. The standard InChI is InChI=1S/C16H8F4O4/c17-15(18)21-11-5-1-3-9(13(11)23-15)7-8-10-4-2-6-12-14(10)24-16(19,20)22-12/h1-8H/b8-7+. The Hall–Kier alpha value is -2.90. The third-order valence-electron chi connectivity index (χ3n) is 3.36. The van der Waals surface area contributed by atoms with Gasteiger partial charge in [0.05, 0.1) is 0 Å². The zero-order valence-corrected chi connectivity index (χ0v) is 11.8. The van der Waals surface area contributed by atoms with Gasteiger partial charge in [0.2, 0.25) is 0 Å². The van der Waals surface area contributed by atoms with Crippen LogP contribution in [-0.2, 0) is 0 Å². The Kier molecular flexibility index (Phi) is 2.93. The number of halogens is 4. The van der Waals surface area contributed by atoms with Crippen LogP contribution in [0.1, 0.15) is 11.1 Å². The molecule has 0 radical (unpaired) electrons. The molecular formula is C16H8F4O4. The normalized spacial score (nSPS) is 19.0. The van der Waals surface area contributed by atoms with Gasteiger partial charge in [-0.05, 0) is 12.1 Å². The van der Waals surface area contributed by atoms with E-state index >= 15 is 0 Å². The number of alkyl halides is 4. The van der Waals surface area contributed by atoms with Gasteiger partial charge in [-0.15, -0.1) is 17.6 Å². The summed E-state index contributed by atoms with van der Waals surface area (Å²) in [5.74, 6) is -0.472. The van der Waals surface area contributed by atoms with Crippen molar-refractivity contribution in [3.8, 4) is 23.0 Å². The summed E-state index contributed by atoms with van der Waals surface area (Å²) in [6.45, 7) is 0. The van der Waals surface area contributed by atoms with E-state index in [2.05, 4.69) is 18.9 Å². The van der Waals surface area contributed by atoms with Crippen LogP contribution in [0.5, 0.6) is 23.0 Å². The molecule has 8 heteroatoms. The lowest BCUT2D eigenvalue weighted by atomic mass is 10.1. The highest BCUT2D eigenvalue weighted by molar-refractivity contribution is 5.78. The molecule has 0 spiro atoms. The minimum absolute atomic E-state index is 0.105. The fraction of sp³-hybridized carbons (Fsp3) is 0.125. The number of hydrogen-bond donors (Lipinski definition) is 0. The summed E-state index contributed by atoms with van der Waals surface area (Å²) < 4.78 is 70.3. The van der Waals surface area contributed by atoms with Crippen molar-refractivity contribution in [1.29, 1.82) is 0 Å². The van der Waals surface area contributed by atoms with E-state index in [-0.39, 0.29) is 23.0 Å². The van der Waals surface area contributed by atoms with Crippen molar-refractivity contribution in [2.75, 3.05) is 0 Å². The third-order valence-corrected chi connectivity index (χ3v) is 3.36. The molecule has 2 heterocycles. The van der Waals surface area contributed by atoms with Crippen LogP contribution < -0.4 is 18.9 Å². The van der Waals surface area contributed by atoms with Gasteiger partial charge in [0.1, 0.15) is 0 Å². The summed E-state index contributed by atoms with van der Waals surface area (Å²) >= 11 is 0. The monoisotopic (exact) mass is 340 g/mol. The van der Waals surface area contributed by atoms with E-state index in [0.717, 1.165) is 0 Å². The molecule has 0 unspecified atom stereocenters. The van der Waals surface area contributed by atoms with Gasteiger partial charge in [-0.3, -0.25) is 0 Å². The molecule has 4 nitrogen and oxygen atoms in total. The zero-order valence-electron chi connectivity index (χ0n) is 11.8. The fourth-order valence-corrected chi connectivity index (χ4v) is 2.42. The molecule has 0 fully saturated rings. The molecule has 0 aliphatic carbocycles. The fourth-order valence-electron chi connectivity index (χ4n) is 2.42. The van der Waals surface area contributed by atoms with Crippen molar-refractivity contribution in [2.45, 2.75) is 12.6 Å². The third kappa shape index (κ3) is 2.49. The van der Waals surface area contributed by atoms with Gasteiger partial charge in [-0.2, -0.15) is 0 Å². The van der Waals surface area contributed by atoms with Crippen molar-refractivity contribution >= 4 is 12.2 Å². The maximum Gasteiger partial charge on any atom is 0.586 e. The first-order chi connectivity index (χ1) is 11.3. The van der Waals surface area contributed by atoms with E-state index in [0.29, 0.717) is 11.1 Å². The van der Waals surface area contributed by atoms with E-state index in [1.165, 1.54) is 48.6 Å². The van der Waals surface area contributed by atoms with Crippen LogP contribution in [0.3, 0.4) is 0 Å². The Bertz CT molecular complexity index is 778. The van der Waals surface area contributed by atoms with Crippen molar-refractivity contribution in [1.82, 2.24) is 0 Å². The predicted octanol–water partition coefficient (Wildman–Crippen LogP) is 4.50. The Labute approximate surface area is 132 Å². The molecule has 0 N–H and O–H groups in total. The molecule has 24 heavy (non-hydrogen) atoms. The van der Waals surface area contributed by atoms with Crippen LogP contribution >= 0.6 is 0 Å². The van der Waals surface area contributed by atoms with Crippen LogP contribution in [0.2, 0.25) is 0 Å². The topological polar surface area (TPSA) is 36.9 Å². The van der Waals surface area contributed by atoms with Crippen LogP contribution in [-0.4, -0.2) is 12.6 Å². The molecule has 0 amide bonds.